The summed E-state index contributed by atoms with van der Waals surface area (Å²) in [4.78, 5) is 23.5. The monoisotopic (exact) mass is 410 g/mol. The van der Waals surface area contributed by atoms with Crippen molar-refractivity contribution in [2.24, 2.45) is 0 Å². The van der Waals surface area contributed by atoms with Gasteiger partial charge in [0.15, 0.2) is 0 Å². The van der Waals surface area contributed by atoms with Crippen molar-refractivity contribution in [3.05, 3.63) is 89.5 Å². The molecule has 0 radical (unpaired) electrons. The molecular formula is C21H18N2O5S. The summed E-state index contributed by atoms with van der Waals surface area (Å²) < 4.78 is 27.7. The number of hydrogen-bond acceptors (Lipinski definition) is 4. The summed E-state index contributed by atoms with van der Waals surface area (Å²) in [7, 11) is -4.01. The van der Waals surface area contributed by atoms with Crippen LogP contribution in [-0.2, 0) is 10.0 Å². The van der Waals surface area contributed by atoms with E-state index in [0.29, 0.717) is 5.69 Å². The number of para-hydroxylation sites is 1. The van der Waals surface area contributed by atoms with Crippen molar-refractivity contribution in [3.63, 3.8) is 0 Å². The number of carbonyl (C=O) groups excluding carboxylic acids is 1. The van der Waals surface area contributed by atoms with Crippen LogP contribution in [0.5, 0.6) is 0 Å². The highest BCUT2D eigenvalue weighted by molar-refractivity contribution is 7.92. The molecule has 0 unspecified atom stereocenters. The van der Waals surface area contributed by atoms with E-state index in [9.17, 15) is 18.0 Å². The predicted molar refractivity (Wildman–Crippen MR) is 110 cm³/mol. The number of benzene rings is 3. The average molecular weight is 410 g/mol. The lowest BCUT2D eigenvalue weighted by atomic mass is 10.1. The molecule has 3 rings (SSSR count). The van der Waals surface area contributed by atoms with E-state index < -0.39 is 21.9 Å². The zero-order valence-corrected chi connectivity index (χ0v) is 16.2. The Bertz CT molecular complexity index is 1170. The fourth-order valence-electron chi connectivity index (χ4n) is 2.67. The number of aryl methyl sites for hydroxylation is 1. The first-order valence-corrected chi connectivity index (χ1v) is 10.1. The zero-order chi connectivity index (χ0) is 21.0. The van der Waals surface area contributed by atoms with E-state index in [0.717, 1.165) is 5.56 Å². The molecule has 0 atom stereocenters. The summed E-state index contributed by atoms with van der Waals surface area (Å²) in [6.07, 6.45) is 0. The second kappa shape index (κ2) is 8.15. The van der Waals surface area contributed by atoms with Crippen molar-refractivity contribution in [1.29, 1.82) is 0 Å². The number of carboxylic acid groups (broad SMARTS) is 1. The Morgan fingerprint density at radius 3 is 2.24 bits per heavy atom. The van der Waals surface area contributed by atoms with Crippen LogP contribution >= 0.6 is 0 Å². The predicted octanol–water partition coefficient (Wildman–Crippen LogP) is 3.75. The van der Waals surface area contributed by atoms with Gasteiger partial charge in [-0.1, -0.05) is 24.3 Å². The first-order valence-electron chi connectivity index (χ1n) is 8.59. The summed E-state index contributed by atoms with van der Waals surface area (Å²) >= 11 is 0. The van der Waals surface area contributed by atoms with Crippen LogP contribution in [0.25, 0.3) is 0 Å². The van der Waals surface area contributed by atoms with Crippen molar-refractivity contribution < 1.29 is 23.1 Å². The number of sulfonamides is 1. The van der Waals surface area contributed by atoms with Gasteiger partial charge in [0.1, 0.15) is 0 Å². The standard InChI is InChI=1S/C21H18N2O5S/c1-14-5-4-6-16(13-14)22-20(24)18-7-2-3-8-19(18)23-29(27,28)17-11-9-15(10-12-17)21(25)26/h2-13,23H,1H3,(H,22,24)(H,25,26). The van der Waals surface area contributed by atoms with Crippen molar-refractivity contribution in [2.75, 3.05) is 10.0 Å². The summed E-state index contributed by atoms with van der Waals surface area (Å²) in [5.74, 6) is -1.62. The summed E-state index contributed by atoms with van der Waals surface area (Å²) in [5, 5.41) is 11.7. The maximum absolute atomic E-state index is 12.7. The van der Waals surface area contributed by atoms with Crippen LogP contribution in [0.3, 0.4) is 0 Å². The Labute approximate surface area is 168 Å². The number of anilines is 2. The van der Waals surface area contributed by atoms with Gasteiger partial charge in [-0.2, -0.15) is 0 Å². The van der Waals surface area contributed by atoms with E-state index in [2.05, 4.69) is 10.0 Å². The molecule has 0 bridgehead atoms. The highest BCUT2D eigenvalue weighted by atomic mass is 32.2. The Kier molecular flexibility index (Phi) is 5.65. The van der Waals surface area contributed by atoms with Gasteiger partial charge in [0.2, 0.25) is 0 Å². The molecule has 0 heterocycles. The molecule has 1 amide bonds. The minimum atomic E-state index is -4.01. The highest BCUT2D eigenvalue weighted by Gasteiger charge is 2.19. The number of rotatable bonds is 6. The Morgan fingerprint density at radius 1 is 0.897 bits per heavy atom. The largest absolute Gasteiger partial charge is 0.478 e. The normalized spacial score (nSPS) is 10.9. The molecule has 0 aliphatic rings. The highest BCUT2D eigenvalue weighted by Crippen LogP contribution is 2.22. The lowest BCUT2D eigenvalue weighted by Crippen LogP contribution is -2.18. The number of carboxylic acids is 1. The minimum Gasteiger partial charge on any atom is -0.478 e. The Morgan fingerprint density at radius 2 is 1.59 bits per heavy atom. The van der Waals surface area contributed by atoms with Gasteiger partial charge in [0.05, 0.1) is 21.7 Å². The van der Waals surface area contributed by atoms with Crippen molar-refractivity contribution in [1.82, 2.24) is 0 Å². The van der Waals surface area contributed by atoms with Crippen molar-refractivity contribution in [3.8, 4) is 0 Å². The second-order valence-corrected chi connectivity index (χ2v) is 7.99. The van der Waals surface area contributed by atoms with Gasteiger partial charge in [-0.15, -0.1) is 0 Å². The maximum Gasteiger partial charge on any atom is 0.335 e. The molecule has 7 nitrogen and oxygen atoms in total. The molecule has 0 aromatic heterocycles. The molecule has 0 saturated carbocycles. The van der Waals surface area contributed by atoms with Crippen LogP contribution < -0.4 is 10.0 Å². The molecule has 0 spiro atoms. The van der Waals surface area contributed by atoms with E-state index in [1.165, 1.54) is 36.4 Å². The quantitative estimate of drug-likeness (QED) is 0.573. The molecule has 29 heavy (non-hydrogen) atoms. The molecule has 148 valence electrons. The number of amides is 1. The lowest BCUT2D eigenvalue weighted by Gasteiger charge is -2.13. The van der Waals surface area contributed by atoms with Crippen LogP contribution in [0.1, 0.15) is 26.3 Å². The fraction of sp³-hybridized carbons (Fsp3) is 0.0476. The van der Waals surface area contributed by atoms with Gasteiger partial charge >= 0.3 is 5.97 Å². The van der Waals surface area contributed by atoms with E-state index in [1.807, 2.05) is 13.0 Å². The third-order valence-corrected chi connectivity index (χ3v) is 5.48. The SMILES string of the molecule is Cc1cccc(NC(=O)c2ccccc2NS(=O)(=O)c2ccc(C(=O)O)cc2)c1. The lowest BCUT2D eigenvalue weighted by molar-refractivity contribution is 0.0696. The van der Waals surface area contributed by atoms with Crippen LogP contribution in [-0.4, -0.2) is 25.4 Å². The van der Waals surface area contributed by atoms with Gasteiger partial charge in [-0.05, 0) is 61.0 Å². The van der Waals surface area contributed by atoms with Gasteiger partial charge < -0.3 is 10.4 Å². The van der Waals surface area contributed by atoms with E-state index in [1.54, 1.807) is 30.3 Å². The number of aromatic carboxylic acids is 1. The van der Waals surface area contributed by atoms with E-state index in [-0.39, 0.29) is 21.7 Å². The smallest absolute Gasteiger partial charge is 0.335 e. The third-order valence-electron chi connectivity index (χ3n) is 4.10. The zero-order valence-electron chi connectivity index (χ0n) is 15.4. The topological polar surface area (TPSA) is 113 Å². The van der Waals surface area contributed by atoms with Crippen molar-refractivity contribution >= 4 is 33.3 Å². The summed E-state index contributed by atoms with van der Waals surface area (Å²) in [6, 6.07) is 18.3. The summed E-state index contributed by atoms with van der Waals surface area (Å²) in [6.45, 7) is 1.90. The van der Waals surface area contributed by atoms with Gasteiger partial charge in [-0.3, -0.25) is 9.52 Å². The van der Waals surface area contributed by atoms with Gasteiger partial charge in [0.25, 0.3) is 15.9 Å². The average Bonchev–Trinajstić information content (AvgIpc) is 2.68. The fourth-order valence-corrected chi connectivity index (χ4v) is 3.75. The van der Waals surface area contributed by atoms with Crippen LogP contribution in [0.4, 0.5) is 11.4 Å². The number of nitrogens with one attached hydrogen (secondary N) is 2. The molecule has 0 aliphatic heterocycles. The van der Waals surface area contributed by atoms with Crippen LogP contribution in [0.15, 0.2) is 77.7 Å². The van der Waals surface area contributed by atoms with Crippen LogP contribution in [0, 0.1) is 6.92 Å². The second-order valence-electron chi connectivity index (χ2n) is 6.30. The summed E-state index contributed by atoms with van der Waals surface area (Å²) in [5.41, 5.74) is 1.81. The van der Waals surface area contributed by atoms with Gasteiger partial charge in [0, 0.05) is 5.69 Å². The maximum atomic E-state index is 12.7. The van der Waals surface area contributed by atoms with E-state index in [4.69, 9.17) is 5.11 Å². The molecule has 3 aromatic rings. The number of carbonyl (C=O) groups is 2. The molecule has 3 aromatic carbocycles. The van der Waals surface area contributed by atoms with Crippen molar-refractivity contribution in [2.45, 2.75) is 11.8 Å². The first kappa shape index (κ1) is 20.1. The first-order chi connectivity index (χ1) is 13.8. The molecule has 3 N–H and O–H groups in total. The Balaban J connectivity index is 1.86. The van der Waals surface area contributed by atoms with Crippen LogP contribution in [0.2, 0.25) is 0 Å². The Hall–Kier alpha value is -3.65. The molecule has 0 fully saturated rings. The molecule has 0 saturated heterocycles. The minimum absolute atomic E-state index is 0.0260. The molecule has 8 heteroatoms. The third kappa shape index (κ3) is 4.80. The van der Waals surface area contributed by atoms with E-state index >= 15 is 0 Å². The number of hydrogen-bond donors (Lipinski definition) is 3. The molecule has 0 aliphatic carbocycles. The molecular weight excluding hydrogens is 392 g/mol. The van der Waals surface area contributed by atoms with Gasteiger partial charge in [-0.25, -0.2) is 13.2 Å².